The van der Waals surface area contributed by atoms with E-state index in [1.54, 1.807) is 18.2 Å². The summed E-state index contributed by atoms with van der Waals surface area (Å²) in [4.78, 5) is 21.4. The SMILES string of the molecule is CN(C)CCN(C(=O)c1ccccc1S(C)(=O)=O)c1nc2ccc(S(C)(=O)=O)cc2s1. The first kappa shape index (κ1) is 23.3. The van der Waals surface area contributed by atoms with Crippen molar-refractivity contribution in [3.8, 4) is 0 Å². The van der Waals surface area contributed by atoms with Crippen molar-refractivity contribution >= 4 is 52.3 Å². The van der Waals surface area contributed by atoms with Crippen molar-refractivity contribution in [2.24, 2.45) is 0 Å². The first-order valence-corrected chi connectivity index (χ1v) is 13.8. The lowest BCUT2D eigenvalue weighted by Gasteiger charge is -2.22. The molecule has 0 radical (unpaired) electrons. The molecule has 0 saturated carbocycles. The summed E-state index contributed by atoms with van der Waals surface area (Å²) >= 11 is 1.19. The molecule has 166 valence electrons. The molecule has 0 saturated heterocycles. The van der Waals surface area contributed by atoms with Crippen molar-refractivity contribution < 1.29 is 21.6 Å². The Morgan fingerprint density at radius 1 is 0.968 bits per heavy atom. The number of carbonyl (C=O) groups excluding carboxylic acids is 1. The average molecular weight is 482 g/mol. The third-order valence-corrected chi connectivity index (χ3v) is 7.85. The maximum atomic E-state index is 13.4. The molecule has 1 aromatic heterocycles. The van der Waals surface area contributed by atoms with Gasteiger partial charge in [0, 0.05) is 25.6 Å². The van der Waals surface area contributed by atoms with Gasteiger partial charge in [0.05, 0.1) is 25.6 Å². The Hall–Kier alpha value is -2.34. The van der Waals surface area contributed by atoms with Crippen LogP contribution in [0, 0.1) is 0 Å². The highest BCUT2D eigenvalue weighted by molar-refractivity contribution is 7.91. The molecule has 3 rings (SSSR count). The van der Waals surface area contributed by atoms with E-state index in [2.05, 4.69) is 4.98 Å². The number of anilines is 1. The lowest BCUT2D eigenvalue weighted by molar-refractivity contribution is 0.0982. The highest BCUT2D eigenvalue weighted by Gasteiger charge is 2.26. The van der Waals surface area contributed by atoms with Gasteiger partial charge in [-0.1, -0.05) is 23.5 Å². The summed E-state index contributed by atoms with van der Waals surface area (Å²) < 4.78 is 48.8. The number of rotatable bonds is 7. The minimum absolute atomic E-state index is 0.0460. The van der Waals surface area contributed by atoms with Crippen LogP contribution in [0.1, 0.15) is 10.4 Å². The highest BCUT2D eigenvalue weighted by atomic mass is 32.2. The first-order chi connectivity index (χ1) is 14.4. The number of likely N-dealkylation sites (N-methyl/N-ethyl adjacent to an activating group) is 1. The molecule has 2 aromatic carbocycles. The highest BCUT2D eigenvalue weighted by Crippen LogP contribution is 2.32. The second kappa shape index (κ2) is 8.65. The summed E-state index contributed by atoms with van der Waals surface area (Å²) in [7, 11) is -3.27. The second-order valence-corrected chi connectivity index (χ2v) is 12.4. The smallest absolute Gasteiger partial charge is 0.261 e. The Morgan fingerprint density at radius 2 is 1.65 bits per heavy atom. The van der Waals surface area contributed by atoms with Crippen LogP contribution in [0.25, 0.3) is 10.2 Å². The van der Waals surface area contributed by atoms with Crippen molar-refractivity contribution in [2.75, 3.05) is 44.6 Å². The topological polar surface area (TPSA) is 105 Å². The minimum atomic E-state index is -3.61. The summed E-state index contributed by atoms with van der Waals surface area (Å²) in [5.41, 5.74) is 0.631. The number of sulfone groups is 2. The number of aromatic nitrogens is 1. The maximum absolute atomic E-state index is 13.4. The summed E-state index contributed by atoms with van der Waals surface area (Å²) in [6, 6.07) is 10.7. The van der Waals surface area contributed by atoms with E-state index < -0.39 is 25.6 Å². The molecule has 0 aliphatic heterocycles. The molecule has 8 nitrogen and oxygen atoms in total. The van der Waals surface area contributed by atoms with Gasteiger partial charge in [0.25, 0.3) is 5.91 Å². The van der Waals surface area contributed by atoms with Gasteiger partial charge in [0.1, 0.15) is 0 Å². The average Bonchev–Trinajstić information content (AvgIpc) is 3.09. The molecule has 0 bridgehead atoms. The number of benzene rings is 2. The van der Waals surface area contributed by atoms with Crippen molar-refractivity contribution in [1.29, 1.82) is 0 Å². The fraction of sp³-hybridized carbons (Fsp3) is 0.300. The maximum Gasteiger partial charge on any atom is 0.261 e. The van der Waals surface area contributed by atoms with E-state index >= 15 is 0 Å². The molecule has 0 atom stereocenters. The van der Waals surface area contributed by atoms with Crippen LogP contribution in [0.3, 0.4) is 0 Å². The van der Waals surface area contributed by atoms with Gasteiger partial charge < -0.3 is 4.90 Å². The number of amides is 1. The van der Waals surface area contributed by atoms with Crippen LogP contribution in [-0.2, 0) is 19.7 Å². The Labute approximate surface area is 186 Å². The zero-order chi connectivity index (χ0) is 23.0. The van der Waals surface area contributed by atoms with E-state index in [0.29, 0.717) is 21.9 Å². The lowest BCUT2D eigenvalue weighted by Crippen LogP contribution is -2.37. The number of carbonyl (C=O) groups is 1. The molecule has 0 aliphatic carbocycles. The summed E-state index contributed by atoms with van der Waals surface area (Å²) in [5, 5.41) is 0.371. The minimum Gasteiger partial charge on any atom is -0.308 e. The molecule has 0 spiro atoms. The summed E-state index contributed by atoms with van der Waals surface area (Å²) in [6.45, 7) is 0.806. The molecule has 0 aliphatic rings. The molecule has 0 N–H and O–H groups in total. The largest absolute Gasteiger partial charge is 0.308 e. The molecule has 11 heteroatoms. The number of hydrogen-bond acceptors (Lipinski definition) is 8. The fourth-order valence-electron chi connectivity index (χ4n) is 2.93. The molecule has 3 aromatic rings. The predicted octanol–water partition coefficient (Wildman–Crippen LogP) is 2.31. The fourth-order valence-corrected chi connectivity index (χ4v) is 5.57. The molecule has 0 unspecified atom stereocenters. The molecular formula is C20H23N3O5S3. The zero-order valence-electron chi connectivity index (χ0n) is 17.6. The van der Waals surface area contributed by atoms with E-state index in [4.69, 9.17) is 0 Å². The van der Waals surface area contributed by atoms with Crippen molar-refractivity contribution in [3.63, 3.8) is 0 Å². The Balaban J connectivity index is 2.11. The van der Waals surface area contributed by atoms with Crippen LogP contribution in [0.15, 0.2) is 52.3 Å². The molecular weight excluding hydrogens is 458 g/mol. The molecule has 1 heterocycles. The Kier molecular flexibility index (Phi) is 6.51. The van der Waals surface area contributed by atoms with Gasteiger partial charge in [-0.05, 0) is 44.4 Å². The van der Waals surface area contributed by atoms with Crippen LogP contribution in [0.2, 0.25) is 0 Å². The van der Waals surface area contributed by atoms with Gasteiger partial charge >= 0.3 is 0 Å². The summed E-state index contributed by atoms with van der Waals surface area (Å²) in [6.07, 6.45) is 2.19. The number of hydrogen-bond donors (Lipinski definition) is 0. The van der Waals surface area contributed by atoms with Gasteiger partial charge in [-0.15, -0.1) is 0 Å². The van der Waals surface area contributed by atoms with Crippen LogP contribution < -0.4 is 4.90 Å². The number of nitrogens with zero attached hydrogens (tertiary/aromatic N) is 3. The van der Waals surface area contributed by atoms with Gasteiger partial charge in [-0.2, -0.15) is 0 Å². The van der Waals surface area contributed by atoms with E-state index in [-0.39, 0.29) is 21.9 Å². The van der Waals surface area contributed by atoms with Gasteiger partial charge in [-0.25, -0.2) is 21.8 Å². The van der Waals surface area contributed by atoms with Crippen LogP contribution in [0.4, 0.5) is 5.13 Å². The number of thiazole rings is 1. The number of fused-ring (bicyclic) bond motifs is 1. The third kappa shape index (κ3) is 5.29. The monoisotopic (exact) mass is 481 g/mol. The van der Waals surface area contributed by atoms with Crippen molar-refractivity contribution in [2.45, 2.75) is 9.79 Å². The van der Waals surface area contributed by atoms with E-state index in [0.717, 1.165) is 12.5 Å². The van der Waals surface area contributed by atoms with Crippen LogP contribution >= 0.6 is 11.3 Å². The Bertz CT molecular complexity index is 1350. The van der Waals surface area contributed by atoms with E-state index in [1.807, 2.05) is 19.0 Å². The first-order valence-electron chi connectivity index (χ1n) is 9.24. The normalized spacial score (nSPS) is 12.4. The molecule has 31 heavy (non-hydrogen) atoms. The van der Waals surface area contributed by atoms with Gasteiger partial charge in [0.15, 0.2) is 24.8 Å². The van der Waals surface area contributed by atoms with Crippen molar-refractivity contribution in [3.05, 3.63) is 48.0 Å². The summed E-state index contributed by atoms with van der Waals surface area (Å²) in [5.74, 6) is -0.481. The van der Waals surface area contributed by atoms with Gasteiger partial charge in [0.2, 0.25) is 0 Å². The third-order valence-electron chi connectivity index (χ3n) is 4.54. The zero-order valence-corrected chi connectivity index (χ0v) is 20.0. The van der Waals surface area contributed by atoms with Crippen molar-refractivity contribution in [1.82, 2.24) is 9.88 Å². The van der Waals surface area contributed by atoms with Crippen LogP contribution in [-0.4, -0.2) is 72.3 Å². The van der Waals surface area contributed by atoms with E-state index in [1.165, 1.54) is 40.5 Å². The lowest BCUT2D eigenvalue weighted by atomic mass is 10.2. The van der Waals surface area contributed by atoms with E-state index in [9.17, 15) is 21.6 Å². The standard InChI is InChI=1S/C20H23N3O5S3/c1-22(2)11-12-23(19(24)15-7-5-6-8-18(15)31(4,27)28)20-21-16-10-9-14(30(3,25)26)13-17(16)29-20/h5-10,13H,11-12H2,1-4H3. The molecule has 0 fully saturated rings. The quantitative estimate of drug-likeness (QED) is 0.510. The Morgan fingerprint density at radius 3 is 2.26 bits per heavy atom. The molecule has 1 amide bonds. The van der Waals surface area contributed by atoms with Crippen LogP contribution in [0.5, 0.6) is 0 Å². The van der Waals surface area contributed by atoms with Gasteiger partial charge in [-0.3, -0.25) is 9.69 Å². The predicted molar refractivity (Wildman–Crippen MR) is 123 cm³/mol. The second-order valence-electron chi connectivity index (χ2n) is 7.43.